The highest BCUT2D eigenvalue weighted by molar-refractivity contribution is 5.78. The number of rotatable bonds is 5. The summed E-state index contributed by atoms with van der Waals surface area (Å²) >= 11 is 0. The van der Waals surface area contributed by atoms with E-state index in [1.807, 2.05) is 13.1 Å². The first-order valence-corrected chi connectivity index (χ1v) is 10.4. The molecule has 0 spiro atoms. The Kier molecular flexibility index (Phi) is 4.09. The second-order valence-electron chi connectivity index (χ2n) is 7.98. The zero-order valence-corrected chi connectivity index (χ0v) is 17.0. The molecule has 0 unspecified atom stereocenters. The van der Waals surface area contributed by atoms with Crippen LogP contribution in [0.4, 0.5) is 10.3 Å². The van der Waals surface area contributed by atoms with Crippen LogP contribution in [-0.4, -0.2) is 36.2 Å². The summed E-state index contributed by atoms with van der Waals surface area (Å²) in [5.74, 6) is 2.44. The first kappa shape index (κ1) is 18.2. The van der Waals surface area contributed by atoms with Crippen molar-refractivity contribution < 1.29 is 9.13 Å². The molecule has 6 rings (SSSR count). The molecule has 4 aromatic rings. The number of fused-ring (bicyclic) bond motifs is 2. The standard InChI is InChI=1S/C22H20FN7O/c1-12-15(8-24-20(28-12)13-2-3-13)17-10-26-22(30-11-27-29-21(17)30)25-9-16-14-6-7-31-19(14)5-4-18(16)23/h4-5,8,10-11,13H,2-3,6-7,9H2,1H3,(H,25,26). The Bertz CT molecular complexity index is 1310. The fourth-order valence-corrected chi connectivity index (χ4v) is 4.10. The van der Waals surface area contributed by atoms with E-state index in [4.69, 9.17) is 4.74 Å². The van der Waals surface area contributed by atoms with Crippen molar-refractivity contribution in [3.63, 3.8) is 0 Å². The van der Waals surface area contributed by atoms with E-state index in [1.54, 1.807) is 23.0 Å². The molecule has 2 aliphatic rings. The predicted octanol–water partition coefficient (Wildman–Crippen LogP) is 3.45. The molecule has 0 saturated heterocycles. The molecule has 8 nitrogen and oxygen atoms in total. The highest BCUT2D eigenvalue weighted by atomic mass is 19.1. The average molecular weight is 417 g/mol. The quantitative estimate of drug-likeness (QED) is 0.532. The van der Waals surface area contributed by atoms with Crippen LogP contribution >= 0.6 is 0 Å². The molecule has 0 amide bonds. The third kappa shape index (κ3) is 3.08. The fraction of sp³-hybridized carbons (Fsp3) is 0.318. The third-order valence-electron chi connectivity index (χ3n) is 5.93. The van der Waals surface area contributed by atoms with E-state index in [0.29, 0.717) is 36.1 Å². The van der Waals surface area contributed by atoms with Crippen molar-refractivity contribution in [2.75, 3.05) is 11.9 Å². The van der Waals surface area contributed by atoms with E-state index >= 15 is 0 Å². The average Bonchev–Trinajstić information content (AvgIpc) is 3.30. The second-order valence-corrected chi connectivity index (χ2v) is 7.98. The minimum Gasteiger partial charge on any atom is -0.493 e. The molecule has 0 bridgehead atoms. The van der Waals surface area contributed by atoms with Crippen LogP contribution in [0.5, 0.6) is 5.75 Å². The van der Waals surface area contributed by atoms with Crippen molar-refractivity contribution in [2.24, 2.45) is 0 Å². The molecule has 0 radical (unpaired) electrons. The molecule has 3 aromatic heterocycles. The van der Waals surface area contributed by atoms with Crippen molar-refractivity contribution in [3.8, 4) is 16.9 Å². The minimum absolute atomic E-state index is 0.253. The first-order valence-electron chi connectivity index (χ1n) is 10.4. The molecular formula is C22H20FN7O. The van der Waals surface area contributed by atoms with Gasteiger partial charge in [-0.3, -0.25) is 4.40 Å². The maximum Gasteiger partial charge on any atom is 0.210 e. The van der Waals surface area contributed by atoms with Gasteiger partial charge in [-0.1, -0.05) is 0 Å². The minimum atomic E-state index is -0.253. The maximum atomic E-state index is 14.5. The third-order valence-corrected chi connectivity index (χ3v) is 5.93. The summed E-state index contributed by atoms with van der Waals surface area (Å²) in [4.78, 5) is 13.8. The van der Waals surface area contributed by atoms with Gasteiger partial charge in [0, 0.05) is 59.2 Å². The molecular weight excluding hydrogens is 397 g/mol. The van der Waals surface area contributed by atoms with Crippen LogP contribution in [0.2, 0.25) is 0 Å². The highest BCUT2D eigenvalue weighted by Crippen LogP contribution is 2.38. The molecule has 4 heterocycles. The number of ether oxygens (including phenoxy) is 1. The van der Waals surface area contributed by atoms with E-state index < -0.39 is 0 Å². The normalized spacial score (nSPS) is 15.2. The van der Waals surface area contributed by atoms with Gasteiger partial charge in [0.05, 0.1) is 6.61 Å². The van der Waals surface area contributed by atoms with Gasteiger partial charge in [0.1, 0.15) is 23.7 Å². The number of nitrogens with zero attached hydrogens (tertiary/aromatic N) is 6. The number of hydrogen-bond acceptors (Lipinski definition) is 7. The van der Waals surface area contributed by atoms with Gasteiger partial charge in [0.15, 0.2) is 5.65 Å². The van der Waals surface area contributed by atoms with Crippen molar-refractivity contribution >= 4 is 11.6 Å². The fourth-order valence-electron chi connectivity index (χ4n) is 4.10. The predicted molar refractivity (Wildman–Crippen MR) is 111 cm³/mol. The summed E-state index contributed by atoms with van der Waals surface area (Å²) in [6, 6.07) is 3.13. The molecule has 31 heavy (non-hydrogen) atoms. The summed E-state index contributed by atoms with van der Waals surface area (Å²) in [5, 5.41) is 11.6. The SMILES string of the molecule is Cc1nc(C2CC2)ncc1-c1cnc(NCc2c(F)ccc3c2CCO3)n2cnnc12. The Balaban J connectivity index is 1.33. The molecule has 156 valence electrons. The molecule has 1 aromatic carbocycles. The van der Waals surface area contributed by atoms with Gasteiger partial charge in [0.2, 0.25) is 5.95 Å². The molecule has 1 fully saturated rings. The second kappa shape index (κ2) is 6.97. The first-order chi connectivity index (χ1) is 15.2. The van der Waals surface area contributed by atoms with E-state index in [-0.39, 0.29) is 12.4 Å². The van der Waals surface area contributed by atoms with Crippen molar-refractivity contribution in [2.45, 2.75) is 38.6 Å². The van der Waals surface area contributed by atoms with Crippen LogP contribution in [0.15, 0.2) is 30.9 Å². The van der Waals surface area contributed by atoms with Gasteiger partial charge >= 0.3 is 0 Å². The molecule has 1 N–H and O–H groups in total. The molecule has 1 saturated carbocycles. The lowest BCUT2D eigenvalue weighted by Gasteiger charge is -2.13. The van der Waals surface area contributed by atoms with Gasteiger partial charge < -0.3 is 10.1 Å². The summed E-state index contributed by atoms with van der Waals surface area (Å²) < 4.78 is 21.8. The lowest BCUT2D eigenvalue weighted by Crippen LogP contribution is -2.10. The number of hydrogen-bond donors (Lipinski definition) is 1. The smallest absolute Gasteiger partial charge is 0.210 e. The van der Waals surface area contributed by atoms with Crippen LogP contribution in [0, 0.1) is 12.7 Å². The number of benzene rings is 1. The zero-order valence-electron chi connectivity index (χ0n) is 17.0. The van der Waals surface area contributed by atoms with Gasteiger partial charge in [0.25, 0.3) is 0 Å². The van der Waals surface area contributed by atoms with Gasteiger partial charge in [-0.15, -0.1) is 10.2 Å². The summed E-state index contributed by atoms with van der Waals surface area (Å²) in [5.41, 5.74) is 4.74. The summed E-state index contributed by atoms with van der Waals surface area (Å²) in [7, 11) is 0. The molecule has 1 aliphatic heterocycles. The largest absolute Gasteiger partial charge is 0.493 e. The summed E-state index contributed by atoms with van der Waals surface area (Å²) in [6.07, 6.45) is 8.20. The van der Waals surface area contributed by atoms with E-state index in [1.165, 1.54) is 6.07 Å². The van der Waals surface area contributed by atoms with Crippen molar-refractivity contribution in [1.29, 1.82) is 0 Å². The monoisotopic (exact) mass is 417 g/mol. The van der Waals surface area contributed by atoms with Crippen LogP contribution in [0.25, 0.3) is 16.8 Å². The van der Waals surface area contributed by atoms with E-state index in [9.17, 15) is 4.39 Å². The number of anilines is 1. The molecule has 1 aliphatic carbocycles. The molecule has 9 heteroatoms. The molecule has 0 atom stereocenters. The number of nitrogens with one attached hydrogen (secondary N) is 1. The van der Waals surface area contributed by atoms with Crippen LogP contribution < -0.4 is 10.1 Å². The van der Waals surface area contributed by atoms with Gasteiger partial charge in [-0.25, -0.2) is 19.3 Å². The topological polar surface area (TPSA) is 90.1 Å². The maximum absolute atomic E-state index is 14.5. The number of aromatic nitrogens is 6. The Hall–Kier alpha value is -3.62. The Morgan fingerprint density at radius 2 is 2.06 bits per heavy atom. The van der Waals surface area contributed by atoms with Crippen LogP contribution in [0.3, 0.4) is 0 Å². The lowest BCUT2D eigenvalue weighted by atomic mass is 10.0. The Morgan fingerprint density at radius 1 is 1.19 bits per heavy atom. The van der Waals surface area contributed by atoms with Crippen LogP contribution in [-0.2, 0) is 13.0 Å². The number of halogens is 1. The van der Waals surface area contributed by atoms with Gasteiger partial charge in [-0.05, 0) is 31.9 Å². The number of aryl methyl sites for hydroxylation is 1. The van der Waals surface area contributed by atoms with E-state index in [0.717, 1.165) is 46.8 Å². The Labute approximate surface area is 177 Å². The van der Waals surface area contributed by atoms with Gasteiger partial charge in [-0.2, -0.15) is 0 Å². The lowest BCUT2D eigenvalue weighted by molar-refractivity contribution is 0.356. The highest BCUT2D eigenvalue weighted by Gasteiger charge is 2.27. The van der Waals surface area contributed by atoms with E-state index in [2.05, 4.69) is 30.5 Å². The zero-order chi connectivity index (χ0) is 20.9. The van der Waals surface area contributed by atoms with Crippen LogP contribution in [0.1, 0.15) is 41.4 Å². The van der Waals surface area contributed by atoms with Crippen molar-refractivity contribution in [1.82, 2.24) is 29.5 Å². The summed E-state index contributed by atoms with van der Waals surface area (Å²) in [6.45, 7) is 2.84. The van der Waals surface area contributed by atoms with Crippen molar-refractivity contribution in [3.05, 3.63) is 59.3 Å². The Morgan fingerprint density at radius 3 is 2.90 bits per heavy atom.